The number of aliphatic hydroxyl groups is 1. The average Bonchev–Trinajstić information content (AvgIpc) is 3.07. The van der Waals surface area contributed by atoms with Crippen LogP contribution in [0.15, 0.2) is 17.1 Å². The van der Waals surface area contributed by atoms with Crippen LogP contribution in [0.3, 0.4) is 0 Å². The summed E-state index contributed by atoms with van der Waals surface area (Å²) in [5.41, 5.74) is 0.956. The molecular weight excluding hydrogens is 334 g/mol. The first kappa shape index (κ1) is 20.2. The summed E-state index contributed by atoms with van der Waals surface area (Å²) in [5, 5.41) is 16.5. The Morgan fingerprint density at radius 2 is 1.81 bits per heavy atom. The number of guanidine groups is 1. The molecule has 2 atom stereocenters. The lowest BCUT2D eigenvalue weighted by atomic mass is 10.1. The van der Waals surface area contributed by atoms with Gasteiger partial charge in [0, 0.05) is 19.0 Å². The van der Waals surface area contributed by atoms with E-state index in [9.17, 15) is 5.11 Å². The third-order valence-corrected chi connectivity index (χ3v) is 4.64. The molecule has 2 rings (SSSR count). The van der Waals surface area contributed by atoms with Gasteiger partial charge in [-0.3, -0.25) is 0 Å². The van der Waals surface area contributed by atoms with Crippen molar-refractivity contribution < 1.29 is 19.3 Å². The largest absolute Gasteiger partial charge is 0.493 e. The molecule has 2 unspecified atom stereocenters. The Labute approximate surface area is 155 Å². The monoisotopic (exact) mass is 365 g/mol. The van der Waals surface area contributed by atoms with Gasteiger partial charge in [0.05, 0.1) is 34.0 Å². The van der Waals surface area contributed by atoms with Crippen LogP contribution in [-0.2, 0) is 6.54 Å². The number of rotatable bonds is 8. The fraction of sp³-hybridized carbons (Fsp3) is 0.632. The summed E-state index contributed by atoms with van der Waals surface area (Å²) in [7, 11) is 4.79. The number of hydrogen-bond acceptors (Lipinski definition) is 5. The molecule has 1 aromatic rings. The number of methoxy groups -OCH3 is 3. The van der Waals surface area contributed by atoms with Gasteiger partial charge in [0.2, 0.25) is 5.75 Å². The highest BCUT2D eigenvalue weighted by atomic mass is 16.5. The maximum atomic E-state index is 9.96. The lowest BCUT2D eigenvalue weighted by molar-refractivity contribution is 0.134. The third-order valence-electron chi connectivity index (χ3n) is 4.64. The first-order valence-electron chi connectivity index (χ1n) is 9.12. The highest BCUT2D eigenvalue weighted by Gasteiger charge is 2.25. The predicted octanol–water partition coefficient (Wildman–Crippen LogP) is 1.93. The SMILES string of the molecule is CCNC(=NCc1cc(OC)c(OC)c(OC)c1)NCC1CCCC1O. The maximum absolute atomic E-state index is 9.96. The van der Waals surface area contributed by atoms with Crippen LogP contribution >= 0.6 is 0 Å². The second-order valence-corrected chi connectivity index (χ2v) is 6.37. The average molecular weight is 365 g/mol. The number of nitrogens with zero attached hydrogens (tertiary/aromatic N) is 1. The van der Waals surface area contributed by atoms with E-state index in [2.05, 4.69) is 15.6 Å². The van der Waals surface area contributed by atoms with Crippen molar-refractivity contribution in [3.8, 4) is 17.2 Å². The van der Waals surface area contributed by atoms with Crippen molar-refractivity contribution in [1.82, 2.24) is 10.6 Å². The first-order valence-corrected chi connectivity index (χ1v) is 9.12. The predicted molar refractivity (Wildman–Crippen MR) is 102 cm³/mol. The quantitative estimate of drug-likeness (QED) is 0.482. The van der Waals surface area contributed by atoms with E-state index in [1.807, 2.05) is 19.1 Å². The molecule has 0 heterocycles. The van der Waals surface area contributed by atoms with Gasteiger partial charge >= 0.3 is 0 Å². The lowest BCUT2D eigenvalue weighted by Crippen LogP contribution is -2.41. The van der Waals surface area contributed by atoms with E-state index < -0.39 is 0 Å². The van der Waals surface area contributed by atoms with Crippen LogP contribution in [0, 0.1) is 5.92 Å². The zero-order valence-electron chi connectivity index (χ0n) is 16.2. The minimum Gasteiger partial charge on any atom is -0.493 e. The summed E-state index contributed by atoms with van der Waals surface area (Å²) in [5.74, 6) is 2.83. The van der Waals surface area contributed by atoms with Crippen LogP contribution in [0.2, 0.25) is 0 Å². The Morgan fingerprint density at radius 3 is 2.31 bits per heavy atom. The van der Waals surface area contributed by atoms with Crippen molar-refractivity contribution in [2.45, 2.75) is 38.8 Å². The van der Waals surface area contributed by atoms with Crippen LogP contribution in [0.5, 0.6) is 17.2 Å². The Kier molecular flexibility index (Phi) is 7.84. The van der Waals surface area contributed by atoms with Crippen molar-refractivity contribution in [1.29, 1.82) is 0 Å². The summed E-state index contributed by atoms with van der Waals surface area (Å²) >= 11 is 0. The van der Waals surface area contributed by atoms with Crippen LogP contribution in [0.25, 0.3) is 0 Å². The molecule has 0 spiro atoms. The van der Waals surface area contributed by atoms with E-state index in [-0.39, 0.29) is 6.10 Å². The summed E-state index contributed by atoms with van der Waals surface area (Å²) in [6.07, 6.45) is 2.83. The molecule has 0 radical (unpaired) electrons. The van der Waals surface area contributed by atoms with Crippen molar-refractivity contribution in [2.75, 3.05) is 34.4 Å². The number of nitrogens with one attached hydrogen (secondary N) is 2. The van der Waals surface area contributed by atoms with Crippen LogP contribution in [0.4, 0.5) is 0 Å². The van der Waals surface area contributed by atoms with Gasteiger partial charge < -0.3 is 30.0 Å². The number of ether oxygens (including phenoxy) is 3. The van der Waals surface area contributed by atoms with Gasteiger partial charge in [-0.2, -0.15) is 0 Å². The van der Waals surface area contributed by atoms with Gasteiger partial charge in [-0.05, 0) is 37.5 Å². The number of aliphatic imine (C=N–C) groups is 1. The molecule has 0 amide bonds. The van der Waals surface area contributed by atoms with Crippen LogP contribution < -0.4 is 24.8 Å². The standard InChI is InChI=1S/C19H31N3O4/c1-5-20-19(22-12-14-7-6-8-15(14)23)21-11-13-9-16(24-2)18(26-4)17(10-13)25-3/h9-10,14-15,23H,5-8,11-12H2,1-4H3,(H2,20,21,22). The smallest absolute Gasteiger partial charge is 0.203 e. The molecule has 1 fully saturated rings. The fourth-order valence-corrected chi connectivity index (χ4v) is 3.22. The van der Waals surface area contributed by atoms with Crippen molar-refractivity contribution >= 4 is 5.96 Å². The molecule has 1 aliphatic rings. The molecule has 0 bridgehead atoms. The zero-order valence-corrected chi connectivity index (χ0v) is 16.2. The third kappa shape index (κ3) is 5.17. The minimum atomic E-state index is -0.208. The Morgan fingerprint density at radius 1 is 1.12 bits per heavy atom. The van der Waals surface area contributed by atoms with Crippen molar-refractivity contribution in [2.24, 2.45) is 10.9 Å². The van der Waals surface area contributed by atoms with Crippen LogP contribution in [0.1, 0.15) is 31.7 Å². The van der Waals surface area contributed by atoms with Gasteiger partial charge in [0.25, 0.3) is 0 Å². The molecular formula is C19H31N3O4. The van der Waals surface area contributed by atoms with Crippen LogP contribution in [-0.4, -0.2) is 51.6 Å². The summed E-state index contributed by atoms with van der Waals surface area (Å²) in [6, 6.07) is 3.80. The minimum absolute atomic E-state index is 0.208. The molecule has 0 aromatic heterocycles. The topological polar surface area (TPSA) is 84.3 Å². The molecule has 7 nitrogen and oxygen atoms in total. The van der Waals surface area contributed by atoms with Gasteiger partial charge in [-0.1, -0.05) is 6.42 Å². The Hall–Kier alpha value is -2.15. The molecule has 26 heavy (non-hydrogen) atoms. The van der Waals surface area contributed by atoms with Crippen molar-refractivity contribution in [3.05, 3.63) is 17.7 Å². The zero-order chi connectivity index (χ0) is 18.9. The molecule has 1 saturated carbocycles. The van der Waals surface area contributed by atoms with Gasteiger partial charge in [0.15, 0.2) is 17.5 Å². The van der Waals surface area contributed by atoms with E-state index in [1.165, 1.54) is 0 Å². The lowest BCUT2D eigenvalue weighted by Gasteiger charge is -2.18. The molecule has 146 valence electrons. The molecule has 7 heteroatoms. The normalized spacial score (nSPS) is 20.0. The summed E-state index contributed by atoms with van der Waals surface area (Å²) in [6.45, 7) is 4.00. The second-order valence-electron chi connectivity index (χ2n) is 6.37. The number of benzene rings is 1. The van der Waals surface area contributed by atoms with Gasteiger partial charge in [-0.15, -0.1) is 0 Å². The van der Waals surface area contributed by atoms with E-state index in [0.717, 1.165) is 43.9 Å². The molecule has 1 aromatic carbocycles. The Bertz CT molecular complexity index is 581. The van der Waals surface area contributed by atoms with E-state index >= 15 is 0 Å². The Balaban J connectivity index is 2.08. The van der Waals surface area contributed by atoms with Crippen molar-refractivity contribution in [3.63, 3.8) is 0 Å². The van der Waals surface area contributed by atoms with Gasteiger partial charge in [0.1, 0.15) is 0 Å². The molecule has 1 aliphatic carbocycles. The number of hydrogen-bond donors (Lipinski definition) is 3. The molecule has 0 saturated heterocycles. The highest BCUT2D eigenvalue weighted by Crippen LogP contribution is 2.38. The molecule has 3 N–H and O–H groups in total. The van der Waals surface area contributed by atoms with E-state index in [0.29, 0.717) is 29.7 Å². The summed E-state index contributed by atoms with van der Waals surface area (Å²) in [4.78, 5) is 4.64. The second kappa shape index (κ2) is 10.1. The molecule has 0 aliphatic heterocycles. The summed E-state index contributed by atoms with van der Waals surface area (Å²) < 4.78 is 16.1. The fourth-order valence-electron chi connectivity index (χ4n) is 3.22. The maximum Gasteiger partial charge on any atom is 0.203 e. The first-order chi connectivity index (χ1) is 12.6. The van der Waals surface area contributed by atoms with E-state index in [4.69, 9.17) is 14.2 Å². The van der Waals surface area contributed by atoms with Gasteiger partial charge in [-0.25, -0.2) is 4.99 Å². The number of aliphatic hydroxyl groups excluding tert-OH is 1. The van der Waals surface area contributed by atoms with E-state index in [1.54, 1.807) is 21.3 Å². The highest BCUT2D eigenvalue weighted by molar-refractivity contribution is 5.79.